The molecule has 1 aliphatic rings. The molecule has 1 heterocycles. The molecular formula is C30H43N5O2. The van der Waals surface area contributed by atoms with Crippen LogP contribution in [0, 0.1) is 32.6 Å². The molecule has 7 nitrogen and oxygen atoms in total. The molecule has 1 fully saturated rings. The molecule has 37 heavy (non-hydrogen) atoms. The summed E-state index contributed by atoms with van der Waals surface area (Å²) in [6, 6.07) is 6.27. The lowest BCUT2D eigenvalue weighted by atomic mass is 9.81. The molecule has 2 aromatic rings. The molecule has 0 aliphatic heterocycles. The smallest absolute Gasteiger partial charge is 0.253 e. The van der Waals surface area contributed by atoms with Crippen molar-refractivity contribution in [2.24, 2.45) is 5.73 Å². The van der Waals surface area contributed by atoms with Gasteiger partial charge >= 0.3 is 0 Å². The predicted octanol–water partition coefficient (Wildman–Crippen LogP) is 3.63. The quantitative estimate of drug-likeness (QED) is 0.500. The number of rotatable bonds is 7. The van der Waals surface area contributed by atoms with Gasteiger partial charge in [0, 0.05) is 52.7 Å². The maximum absolute atomic E-state index is 13.5. The molecule has 4 N–H and O–H groups in total. The lowest BCUT2D eigenvalue weighted by Gasteiger charge is -2.41. The van der Waals surface area contributed by atoms with Gasteiger partial charge in [-0.15, -0.1) is 0 Å². The van der Waals surface area contributed by atoms with Crippen LogP contribution in [-0.4, -0.2) is 54.6 Å². The Morgan fingerprint density at radius 2 is 1.86 bits per heavy atom. The van der Waals surface area contributed by atoms with Crippen molar-refractivity contribution in [2.45, 2.75) is 78.4 Å². The van der Waals surface area contributed by atoms with Crippen molar-refractivity contribution < 1.29 is 4.79 Å². The number of aromatic amines is 1. The van der Waals surface area contributed by atoms with Crippen LogP contribution in [0.2, 0.25) is 0 Å². The van der Waals surface area contributed by atoms with Gasteiger partial charge in [0.1, 0.15) is 0 Å². The number of benzene rings is 1. The highest BCUT2D eigenvalue weighted by atomic mass is 16.1. The maximum atomic E-state index is 13.5. The molecule has 0 saturated heterocycles. The molecule has 1 saturated carbocycles. The number of carbonyl (C=O) groups is 1. The number of hydrogen-bond donors (Lipinski definition) is 3. The molecule has 0 radical (unpaired) electrons. The highest BCUT2D eigenvalue weighted by Crippen LogP contribution is 2.34. The Balaban J connectivity index is 1.96. The Bertz CT molecular complexity index is 1240. The summed E-state index contributed by atoms with van der Waals surface area (Å²) in [5.41, 5.74) is 11.7. The first kappa shape index (κ1) is 28.5. The Hall–Kier alpha value is -3.08. The number of amides is 1. The van der Waals surface area contributed by atoms with Gasteiger partial charge in [0.25, 0.3) is 11.5 Å². The van der Waals surface area contributed by atoms with Gasteiger partial charge in [0.2, 0.25) is 0 Å². The number of H-pyrrole nitrogens is 1. The fraction of sp³-hybridized carbons (Fsp3) is 0.533. The summed E-state index contributed by atoms with van der Waals surface area (Å²) < 4.78 is 0. The van der Waals surface area contributed by atoms with E-state index in [0.717, 1.165) is 60.3 Å². The van der Waals surface area contributed by atoms with Gasteiger partial charge < -0.3 is 20.9 Å². The third kappa shape index (κ3) is 7.24. The summed E-state index contributed by atoms with van der Waals surface area (Å²) in [6.45, 7) is 11.7. The van der Waals surface area contributed by atoms with E-state index in [4.69, 9.17) is 5.73 Å². The zero-order chi connectivity index (χ0) is 27.3. The van der Waals surface area contributed by atoms with E-state index in [1.54, 1.807) is 0 Å². The Labute approximate surface area is 221 Å². The standard InChI is InChI=1S/C30H43N5O2/c1-8-35(24-11-13-30(5,31)14-12-24)27-18-23(10-9-15-34(6)7)17-25(22(27)4)28(36)32-19-26-20(2)16-21(3)33-29(26)37/h16-18,24H,8,11-15,19,31H2,1-7H3,(H,32,36)(H,33,37). The summed E-state index contributed by atoms with van der Waals surface area (Å²) in [4.78, 5) is 33.2. The van der Waals surface area contributed by atoms with E-state index in [0.29, 0.717) is 23.7 Å². The van der Waals surface area contributed by atoms with Crippen LogP contribution in [0.3, 0.4) is 0 Å². The largest absolute Gasteiger partial charge is 0.369 e. The number of carbonyl (C=O) groups excluding carboxylic acids is 1. The van der Waals surface area contributed by atoms with Crippen LogP contribution in [0.4, 0.5) is 5.69 Å². The summed E-state index contributed by atoms with van der Waals surface area (Å²) in [6.07, 6.45) is 4.00. The fourth-order valence-corrected chi connectivity index (χ4v) is 5.17. The molecule has 0 atom stereocenters. The van der Waals surface area contributed by atoms with E-state index in [2.05, 4.69) is 47.0 Å². The first-order valence-corrected chi connectivity index (χ1v) is 13.2. The number of anilines is 1. The molecule has 200 valence electrons. The average Bonchev–Trinajstić information content (AvgIpc) is 2.81. The van der Waals surface area contributed by atoms with Crippen molar-refractivity contribution in [1.29, 1.82) is 0 Å². The van der Waals surface area contributed by atoms with E-state index in [1.165, 1.54) is 0 Å². The number of hydrogen-bond acceptors (Lipinski definition) is 5. The van der Waals surface area contributed by atoms with E-state index in [9.17, 15) is 9.59 Å². The predicted molar refractivity (Wildman–Crippen MR) is 152 cm³/mol. The summed E-state index contributed by atoms with van der Waals surface area (Å²) in [5, 5.41) is 2.98. The Morgan fingerprint density at radius 3 is 2.46 bits per heavy atom. The number of nitrogens with one attached hydrogen (secondary N) is 2. The monoisotopic (exact) mass is 505 g/mol. The highest BCUT2D eigenvalue weighted by Gasteiger charge is 2.31. The molecule has 1 aliphatic carbocycles. The number of aromatic nitrogens is 1. The van der Waals surface area contributed by atoms with E-state index in [1.807, 2.05) is 51.9 Å². The molecule has 7 heteroatoms. The van der Waals surface area contributed by atoms with Crippen molar-refractivity contribution in [3.8, 4) is 11.8 Å². The molecule has 0 unspecified atom stereocenters. The summed E-state index contributed by atoms with van der Waals surface area (Å²) in [7, 11) is 3.96. The minimum Gasteiger partial charge on any atom is -0.369 e. The van der Waals surface area contributed by atoms with E-state index in [-0.39, 0.29) is 23.6 Å². The van der Waals surface area contributed by atoms with Crippen LogP contribution in [0.15, 0.2) is 23.0 Å². The van der Waals surface area contributed by atoms with Gasteiger partial charge in [-0.3, -0.25) is 14.5 Å². The second-order valence-corrected chi connectivity index (χ2v) is 11.0. The van der Waals surface area contributed by atoms with Crippen molar-refractivity contribution in [3.63, 3.8) is 0 Å². The number of pyridine rings is 1. The molecule has 1 aromatic heterocycles. The van der Waals surface area contributed by atoms with E-state index < -0.39 is 0 Å². The molecular weight excluding hydrogens is 462 g/mol. The number of nitrogens with two attached hydrogens (primary N) is 1. The third-order valence-electron chi connectivity index (χ3n) is 7.36. The second-order valence-electron chi connectivity index (χ2n) is 11.0. The third-order valence-corrected chi connectivity index (χ3v) is 7.36. The minimum absolute atomic E-state index is 0.110. The van der Waals surface area contributed by atoms with Gasteiger partial charge in [-0.05, 0) is 104 Å². The number of aryl methyl sites for hydroxylation is 2. The Morgan fingerprint density at radius 1 is 1.19 bits per heavy atom. The Kier molecular flexibility index (Phi) is 9.22. The average molecular weight is 506 g/mol. The maximum Gasteiger partial charge on any atom is 0.253 e. The summed E-state index contributed by atoms with van der Waals surface area (Å²) in [5.74, 6) is 6.26. The van der Waals surface area contributed by atoms with Crippen molar-refractivity contribution in [1.82, 2.24) is 15.2 Å². The molecule has 3 rings (SSSR count). The zero-order valence-electron chi connectivity index (χ0n) is 23.5. The first-order chi connectivity index (χ1) is 17.4. The van der Waals surface area contributed by atoms with Crippen LogP contribution >= 0.6 is 0 Å². The lowest BCUT2D eigenvalue weighted by Crippen LogP contribution is -2.47. The molecule has 0 bridgehead atoms. The van der Waals surface area contributed by atoms with Crippen molar-refractivity contribution >= 4 is 11.6 Å². The highest BCUT2D eigenvalue weighted by molar-refractivity contribution is 5.97. The van der Waals surface area contributed by atoms with Gasteiger partial charge in [-0.25, -0.2) is 0 Å². The van der Waals surface area contributed by atoms with Crippen LogP contribution in [-0.2, 0) is 6.54 Å². The van der Waals surface area contributed by atoms with Crippen molar-refractivity contribution in [2.75, 3.05) is 32.1 Å². The SMILES string of the molecule is CCN(c1cc(C#CCN(C)C)cc(C(=O)NCc2c(C)cc(C)[nH]c2=O)c1C)C1CCC(C)(N)CC1. The van der Waals surface area contributed by atoms with Crippen molar-refractivity contribution in [3.05, 3.63) is 62.1 Å². The minimum atomic E-state index is -0.205. The van der Waals surface area contributed by atoms with Gasteiger partial charge in [0.15, 0.2) is 0 Å². The lowest BCUT2D eigenvalue weighted by molar-refractivity contribution is 0.0950. The normalized spacial score (nSPS) is 19.3. The molecule has 1 amide bonds. The second kappa shape index (κ2) is 12.0. The number of nitrogens with zero attached hydrogens (tertiary/aromatic N) is 2. The topological polar surface area (TPSA) is 94.5 Å². The van der Waals surface area contributed by atoms with Crippen LogP contribution in [0.25, 0.3) is 0 Å². The van der Waals surface area contributed by atoms with Crippen LogP contribution < -0.4 is 21.5 Å². The van der Waals surface area contributed by atoms with Gasteiger partial charge in [0.05, 0.1) is 6.54 Å². The van der Waals surface area contributed by atoms with Gasteiger partial charge in [-0.1, -0.05) is 11.8 Å². The molecule has 0 spiro atoms. The van der Waals surface area contributed by atoms with Crippen LogP contribution in [0.5, 0.6) is 0 Å². The first-order valence-electron chi connectivity index (χ1n) is 13.2. The summed E-state index contributed by atoms with van der Waals surface area (Å²) >= 11 is 0. The fourth-order valence-electron chi connectivity index (χ4n) is 5.17. The molecule has 1 aromatic carbocycles. The van der Waals surface area contributed by atoms with Crippen LogP contribution in [0.1, 0.15) is 77.8 Å². The zero-order valence-corrected chi connectivity index (χ0v) is 23.5. The van der Waals surface area contributed by atoms with E-state index >= 15 is 0 Å². The van der Waals surface area contributed by atoms with Gasteiger partial charge in [-0.2, -0.15) is 0 Å².